The van der Waals surface area contributed by atoms with Gasteiger partial charge in [-0.3, -0.25) is 4.79 Å². The number of hydrogen-bond donors (Lipinski definition) is 1. The van der Waals surface area contributed by atoms with E-state index in [1.807, 2.05) is 24.3 Å². The number of carbonyl (C=O) groups is 1. The number of nitrogens with zero attached hydrogens (tertiary/aromatic N) is 3. The van der Waals surface area contributed by atoms with Gasteiger partial charge in [0.15, 0.2) is 16.4 Å². The van der Waals surface area contributed by atoms with Crippen LogP contribution in [-0.4, -0.2) is 42.3 Å². The lowest BCUT2D eigenvalue weighted by atomic mass is 10.0. The van der Waals surface area contributed by atoms with Crippen molar-refractivity contribution in [1.82, 2.24) is 15.2 Å². The zero-order chi connectivity index (χ0) is 19.6. The van der Waals surface area contributed by atoms with Crippen LogP contribution in [0.4, 0.5) is 5.69 Å². The van der Waals surface area contributed by atoms with Crippen LogP contribution in [0.5, 0.6) is 0 Å². The molecule has 142 valence electrons. The van der Waals surface area contributed by atoms with Crippen molar-refractivity contribution in [2.45, 2.75) is 24.7 Å². The molecule has 27 heavy (non-hydrogen) atoms. The van der Waals surface area contributed by atoms with Gasteiger partial charge in [0.05, 0.1) is 4.90 Å². The van der Waals surface area contributed by atoms with Crippen molar-refractivity contribution >= 4 is 32.5 Å². The molecule has 0 atom stereocenters. The summed E-state index contributed by atoms with van der Waals surface area (Å²) in [6, 6.07) is 12.0. The van der Waals surface area contributed by atoms with E-state index in [-0.39, 0.29) is 17.4 Å². The Hall–Kier alpha value is -2.94. The Morgan fingerprint density at radius 1 is 1.19 bits per heavy atom. The first kappa shape index (κ1) is 18.8. The van der Waals surface area contributed by atoms with Crippen LogP contribution in [0.1, 0.15) is 25.3 Å². The van der Waals surface area contributed by atoms with Crippen LogP contribution in [0.2, 0.25) is 0 Å². The van der Waals surface area contributed by atoms with Gasteiger partial charge in [0.2, 0.25) is 0 Å². The van der Waals surface area contributed by atoms with Gasteiger partial charge in [0, 0.05) is 11.9 Å². The molecule has 3 rings (SSSR count). The van der Waals surface area contributed by atoms with Crippen molar-refractivity contribution in [2.24, 2.45) is 0 Å². The lowest BCUT2D eigenvalue weighted by molar-refractivity contribution is -0.121. The normalized spacial score (nSPS) is 11.7. The van der Waals surface area contributed by atoms with Gasteiger partial charge in [-0.15, -0.1) is 5.10 Å². The lowest BCUT2D eigenvalue weighted by Crippen LogP contribution is -2.26. The smallest absolute Gasteiger partial charge is 0.265 e. The summed E-state index contributed by atoms with van der Waals surface area (Å²) in [6.07, 6.45) is 1.11. The summed E-state index contributed by atoms with van der Waals surface area (Å²) in [7, 11) is -3.37. The molecule has 0 radical (unpaired) electrons. The van der Waals surface area contributed by atoms with Crippen LogP contribution >= 0.6 is 0 Å². The maximum Gasteiger partial charge on any atom is 0.265 e. The van der Waals surface area contributed by atoms with Crippen LogP contribution in [-0.2, 0) is 14.6 Å². The number of aromatic nitrogens is 3. The highest BCUT2D eigenvalue weighted by molar-refractivity contribution is 7.90. The van der Waals surface area contributed by atoms with Crippen molar-refractivity contribution in [3.8, 4) is 0 Å². The fourth-order valence-electron chi connectivity index (χ4n) is 2.47. The molecule has 0 saturated heterocycles. The first-order valence-electron chi connectivity index (χ1n) is 8.32. The number of carbonyl (C=O) groups excluding carboxylic acids is 1. The molecule has 9 heteroatoms. The van der Waals surface area contributed by atoms with Gasteiger partial charge >= 0.3 is 0 Å². The largest absolute Gasteiger partial charge is 0.385 e. The minimum Gasteiger partial charge on any atom is -0.385 e. The number of rotatable bonds is 6. The van der Waals surface area contributed by atoms with Crippen LogP contribution in [0.25, 0.3) is 11.0 Å². The molecule has 0 bridgehead atoms. The summed E-state index contributed by atoms with van der Waals surface area (Å²) in [5, 5.41) is 10.4. The molecule has 1 amide bonds. The van der Waals surface area contributed by atoms with Crippen molar-refractivity contribution in [3.05, 3.63) is 48.0 Å². The Bertz CT molecular complexity index is 1070. The van der Waals surface area contributed by atoms with E-state index in [9.17, 15) is 13.2 Å². The third-order valence-corrected chi connectivity index (χ3v) is 5.10. The van der Waals surface area contributed by atoms with E-state index >= 15 is 0 Å². The first-order valence-corrected chi connectivity index (χ1v) is 10.2. The third-order valence-electron chi connectivity index (χ3n) is 3.99. The molecule has 1 heterocycles. The van der Waals surface area contributed by atoms with E-state index in [2.05, 4.69) is 29.5 Å². The maximum atomic E-state index is 12.1. The van der Waals surface area contributed by atoms with Gasteiger partial charge in [-0.2, -0.15) is 0 Å². The predicted molar refractivity (Wildman–Crippen MR) is 101 cm³/mol. The quantitative estimate of drug-likeness (QED) is 0.693. The van der Waals surface area contributed by atoms with Gasteiger partial charge in [0.25, 0.3) is 5.91 Å². The van der Waals surface area contributed by atoms with E-state index in [1.54, 1.807) is 0 Å². The van der Waals surface area contributed by atoms with Crippen molar-refractivity contribution in [3.63, 3.8) is 0 Å². The monoisotopic (exact) mass is 388 g/mol. The molecule has 0 aliphatic rings. The molecule has 1 N–H and O–H groups in total. The van der Waals surface area contributed by atoms with Crippen molar-refractivity contribution in [1.29, 1.82) is 0 Å². The van der Waals surface area contributed by atoms with Gasteiger partial charge in [0.1, 0.15) is 11.0 Å². The molecule has 0 fully saturated rings. The van der Waals surface area contributed by atoms with Gasteiger partial charge in [-0.25, -0.2) is 8.42 Å². The summed E-state index contributed by atoms with van der Waals surface area (Å²) in [5.74, 6) is 0.0470. The zero-order valence-corrected chi connectivity index (χ0v) is 16.0. The Morgan fingerprint density at radius 3 is 2.52 bits per heavy atom. The average Bonchev–Trinajstić information content (AvgIpc) is 3.02. The van der Waals surface area contributed by atoms with E-state index in [1.165, 1.54) is 23.8 Å². The zero-order valence-electron chi connectivity index (χ0n) is 15.2. The van der Waals surface area contributed by atoms with Gasteiger partial charge in [-0.1, -0.05) is 30.8 Å². The third kappa shape index (κ3) is 4.43. The van der Waals surface area contributed by atoms with E-state index in [0.29, 0.717) is 22.6 Å². The minimum atomic E-state index is -3.37. The number of nitrogens with one attached hydrogen (secondary N) is 1. The van der Waals surface area contributed by atoms with Crippen LogP contribution < -0.4 is 10.2 Å². The van der Waals surface area contributed by atoms with Crippen molar-refractivity contribution in [2.75, 3.05) is 18.2 Å². The summed E-state index contributed by atoms with van der Waals surface area (Å²) < 4.78 is 23.4. The van der Waals surface area contributed by atoms with E-state index < -0.39 is 9.84 Å². The topological polar surface area (TPSA) is 103 Å². The first-order chi connectivity index (χ1) is 12.7. The molecular formula is C18H20N4O4S. The fraction of sp³-hybridized carbons (Fsp3) is 0.278. The van der Waals surface area contributed by atoms with Crippen molar-refractivity contribution < 1.29 is 18.0 Å². The average molecular weight is 388 g/mol. The molecule has 0 unspecified atom stereocenters. The number of benzene rings is 2. The van der Waals surface area contributed by atoms with Crippen LogP contribution in [0, 0.1) is 0 Å². The van der Waals surface area contributed by atoms with Crippen LogP contribution in [0.3, 0.4) is 0 Å². The molecule has 2 aromatic carbocycles. The van der Waals surface area contributed by atoms with Crippen LogP contribution in [0.15, 0.2) is 47.4 Å². The molecule has 0 saturated carbocycles. The van der Waals surface area contributed by atoms with Gasteiger partial charge < -0.3 is 10.2 Å². The molecule has 0 aliphatic heterocycles. The summed E-state index contributed by atoms with van der Waals surface area (Å²) in [6.45, 7) is 3.89. The Labute approximate surface area is 157 Å². The number of amides is 1. The Morgan fingerprint density at radius 2 is 1.89 bits per heavy atom. The second kappa shape index (κ2) is 7.36. The SMILES string of the molecule is CC(C)c1ccc(NC(=O)COn2nnc3ccc(S(C)(=O)=O)cc32)cc1. The molecule has 1 aromatic heterocycles. The molecule has 3 aromatic rings. The van der Waals surface area contributed by atoms with E-state index in [4.69, 9.17) is 4.84 Å². The predicted octanol–water partition coefficient (Wildman–Crippen LogP) is 2.03. The molecule has 8 nitrogen and oxygen atoms in total. The number of fused-ring (bicyclic) bond motifs is 1. The molecular weight excluding hydrogens is 368 g/mol. The maximum absolute atomic E-state index is 12.1. The number of hydrogen-bond acceptors (Lipinski definition) is 6. The second-order valence-electron chi connectivity index (χ2n) is 6.48. The highest BCUT2D eigenvalue weighted by Gasteiger charge is 2.13. The van der Waals surface area contributed by atoms with E-state index in [0.717, 1.165) is 11.1 Å². The minimum absolute atomic E-state index is 0.122. The lowest BCUT2D eigenvalue weighted by Gasteiger charge is -2.09. The highest BCUT2D eigenvalue weighted by atomic mass is 32.2. The molecule has 0 spiro atoms. The molecule has 0 aliphatic carbocycles. The summed E-state index contributed by atoms with van der Waals surface area (Å²) >= 11 is 0. The number of sulfone groups is 1. The second-order valence-corrected chi connectivity index (χ2v) is 8.50. The number of anilines is 1. The standard InChI is InChI=1S/C18H20N4O4S/c1-12(2)13-4-6-14(7-5-13)19-18(23)11-26-22-17-10-15(27(3,24)25)8-9-16(17)20-21-22/h4-10,12H,11H2,1-3H3,(H,19,23). The summed E-state index contributed by atoms with van der Waals surface area (Å²) in [4.78, 5) is 18.6. The van der Waals surface area contributed by atoms with Gasteiger partial charge in [-0.05, 0) is 47.0 Å². The fourth-order valence-corrected chi connectivity index (χ4v) is 3.11. The highest BCUT2D eigenvalue weighted by Crippen LogP contribution is 2.18. The Balaban J connectivity index is 1.68. The Kier molecular flexibility index (Phi) is 5.13. The summed E-state index contributed by atoms with van der Waals surface area (Å²) in [5.41, 5.74) is 2.68.